The molecule has 0 spiro atoms. The van der Waals surface area contributed by atoms with Gasteiger partial charge in [0.2, 0.25) is 0 Å². The Morgan fingerprint density at radius 1 is 1.31 bits per heavy atom. The Kier molecular flexibility index (Phi) is 5.64. The van der Waals surface area contributed by atoms with Crippen LogP contribution in [0, 0.1) is 0 Å². The van der Waals surface area contributed by atoms with Crippen LogP contribution >= 0.6 is 11.6 Å². The van der Waals surface area contributed by atoms with Crippen molar-refractivity contribution < 1.29 is 0 Å². The monoisotopic (exact) mass is 240 g/mol. The van der Waals surface area contributed by atoms with Crippen LogP contribution in [-0.4, -0.2) is 13.1 Å². The third-order valence-electron chi connectivity index (χ3n) is 2.77. The van der Waals surface area contributed by atoms with Gasteiger partial charge in [-0.3, -0.25) is 0 Å². The number of hydrogen-bond donors (Lipinski definition) is 1. The molecule has 1 rings (SSSR count). The molecule has 0 radical (unpaired) electrons. The first-order valence-electron chi connectivity index (χ1n) is 5.97. The summed E-state index contributed by atoms with van der Waals surface area (Å²) in [5, 5.41) is 0.806. The van der Waals surface area contributed by atoms with E-state index in [0.29, 0.717) is 6.54 Å². The smallest absolute Gasteiger partial charge is 0.0642 e. The van der Waals surface area contributed by atoms with Gasteiger partial charge in [0.15, 0.2) is 0 Å². The molecule has 0 unspecified atom stereocenters. The van der Waals surface area contributed by atoms with Crippen LogP contribution in [0.1, 0.15) is 32.3 Å². The van der Waals surface area contributed by atoms with Gasteiger partial charge in [0.25, 0.3) is 0 Å². The van der Waals surface area contributed by atoms with Gasteiger partial charge < -0.3 is 10.6 Å². The summed E-state index contributed by atoms with van der Waals surface area (Å²) in [7, 11) is 0. The number of rotatable bonds is 6. The lowest BCUT2D eigenvalue weighted by molar-refractivity contribution is 0.728. The Morgan fingerprint density at radius 2 is 2.06 bits per heavy atom. The van der Waals surface area contributed by atoms with E-state index >= 15 is 0 Å². The molecule has 0 aliphatic rings. The largest absolute Gasteiger partial charge is 0.370 e. The lowest BCUT2D eigenvalue weighted by Crippen LogP contribution is -2.25. The van der Waals surface area contributed by atoms with Gasteiger partial charge in [0, 0.05) is 19.6 Å². The van der Waals surface area contributed by atoms with Gasteiger partial charge in [-0.1, -0.05) is 37.1 Å². The average molecular weight is 241 g/mol. The number of halogens is 1. The Morgan fingerprint density at radius 3 is 2.62 bits per heavy atom. The minimum atomic E-state index is 0.540. The molecule has 0 saturated carbocycles. The summed E-state index contributed by atoms with van der Waals surface area (Å²) in [6.07, 6.45) is 2.38. The van der Waals surface area contributed by atoms with E-state index in [1.54, 1.807) is 0 Å². The van der Waals surface area contributed by atoms with Crippen molar-refractivity contribution in [1.29, 1.82) is 0 Å². The van der Waals surface area contributed by atoms with Gasteiger partial charge in [-0.2, -0.15) is 0 Å². The number of benzene rings is 1. The van der Waals surface area contributed by atoms with Crippen LogP contribution in [-0.2, 0) is 6.54 Å². The van der Waals surface area contributed by atoms with E-state index in [-0.39, 0.29) is 0 Å². The highest BCUT2D eigenvalue weighted by molar-refractivity contribution is 6.33. The molecule has 2 nitrogen and oxygen atoms in total. The predicted octanol–water partition coefficient (Wildman–Crippen LogP) is 3.43. The number of nitrogens with two attached hydrogens (primary N) is 1. The quantitative estimate of drug-likeness (QED) is 0.826. The van der Waals surface area contributed by atoms with Gasteiger partial charge in [-0.15, -0.1) is 0 Å². The molecule has 0 aliphatic carbocycles. The molecule has 0 aliphatic heterocycles. The molecule has 90 valence electrons. The van der Waals surface area contributed by atoms with Crippen LogP contribution in [0.5, 0.6) is 0 Å². The van der Waals surface area contributed by atoms with Crippen LogP contribution in [0.3, 0.4) is 0 Å². The van der Waals surface area contributed by atoms with E-state index < -0.39 is 0 Å². The Bertz CT molecular complexity index is 326. The fourth-order valence-corrected chi connectivity index (χ4v) is 2.17. The zero-order valence-electron chi connectivity index (χ0n) is 10.2. The van der Waals surface area contributed by atoms with Crippen LogP contribution in [0.4, 0.5) is 5.69 Å². The SMILES string of the molecule is CCCCN(CC)c1c(Cl)cccc1CN. The molecular formula is C13H21ClN2. The van der Waals surface area contributed by atoms with Gasteiger partial charge in [-0.05, 0) is 25.0 Å². The number of anilines is 1. The molecular weight excluding hydrogens is 220 g/mol. The van der Waals surface area contributed by atoms with Crippen LogP contribution < -0.4 is 10.6 Å². The molecule has 3 heteroatoms. The summed E-state index contributed by atoms with van der Waals surface area (Å²) in [6.45, 7) is 6.91. The molecule has 0 bridgehead atoms. The second-order valence-electron chi connectivity index (χ2n) is 3.88. The van der Waals surface area contributed by atoms with Gasteiger partial charge in [0.1, 0.15) is 0 Å². The van der Waals surface area contributed by atoms with Crippen molar-refractivity contribution in [2.45, 2.75) is 33.2 Å². The van der Waals surface area contributed by atoms with E-state index in [0.717, 1.165) is 29.4 Å². The lowest BCUT2D eigenvalue weighted by atomic mass is 10.1. The first-order chi connectivity index (χ1) is 7.74. The highest BCUT2D eigenvalue weighted by atomic mass is 35.5. The van der Waals surface area contributed by atoms with E-state index in [1.165, 1.54) is 12.8 Å². The average Bonchev–Trinajstić information content (AvgIpc) is 2.31. The van der Waals surface area contributed by atoms with Crippen molar-refractivity contribution in [3.8, 4) is 0 Å². The normalized spacial score (nSPS) is 10.5. The molecule has 0 saturated heterocycles. The molecule has 2 N–H and O–H groups in total. The third-order valence-corrected chi connectivity index (χ3v) is 3.07. The highest BCUT2D eigenvalue weighted by Gasteiger charge is 2.12. The second-order valence-corrected chi connectivity index (χ2v) is 4.29. The zero-order valence-corrected chi connectivity index (χ0v) is 10.9. The summed E-state index contributed by atoms with van der Waals surface area (Å²) in [4.78, 5) is 2.31. The summed E-state index contributed by atoms with van der Waals surface area (Å²) in [5.74, 6) is 0. The zero-order chi connectivity index (χ0) is 12.0. The highest BCUT2D eigenvalue weighted by Crippen LogP contribution is 2.29. The van der Waals surface area contributed by atoms with Crippen molar-refractivity contribution in [2.24, 2.45) is 5.73 Å². The Hall–Kier alpha value is -0.730. The maximum absolute atomic E-state index is 6.26. The Labute approximate surface area is 103 Å². The second kappa shape index (κ2) is 6.77. The van der Waals surface area contributed by atoms with Crippen molar-refractivity contribution in [3.05, 3.63) is 28.8 Å². The first kappa shape index (κ1) is 13.3. The van der Waals surface area contributed by atoms with Gasteiger partial charge in [-0.25, -0.2) is 0 Å². The molecule has 1 aromatic carbocycles. The molecule has 0 fully saturated rings. The molecule has 1 aromatic rings. The van der Waals surface area contributed by atoms with Crippen LogP contribution in [0.15, 0.2) is 18.2 Å². The molecule has 0 heterocycles. The summed E-state index contributed by atoms with van der Waals surface area (Å²) in [5.41, 5.74) is 8.00. The molecule has 16 heavy (non-hydrogen) atoms. The topological polar surface area (TPSA) is 29.3 Å². The molecule has 0 aromatic heterocycles. The van der Waals surface area contributed by atoms with Gasteiger partial charge >= 0.3 is 0 Å². The van der Waals surface area contributed by atoms with E-state index in [1.807, 2.05) is 12.1 Å². The number of nitrogens with zero attached hydrogens (tertiary/aromatic N) is 1. The first-order valence-corrected chi connectivity index (χ1v) is 6.34. The summed E-state index contributed by atoms with van der Waals surface area (Å²) in [6, 6.07) is 5.95. The van der Waals surface area contributed by atoms with E-state index in [2.05, 4.69) is 24.8 Å². The van der Waals surface area contributed by atoms with E-state index in [9.17, 15) is 0 Å². The minimum absolute atomic E-state index is 0.540. The maximum atomic E-state index is 6.26. The van der Waals surface area contributed by atoms with Crippen LogP contribution in [0.25, 0.3) is 0 Å². The van der Waals surface area contributed by atoms with Gasteiger partial charge in [0.05, 0.1) is 10.7 Å². The molecule has 0 atom stereocenters. The van der Waals surface area contributed by atoms with E-state index in [4.69, 9.17) is 17.3 Å². The number of para-hydroxylation sites is 1. The summed E-state index contributed by atoms with van der Waals surface area (Å²) < 4.78 is 0. The fourth-order valence-electron chi connectivity index (χ4n) is 1.86. The van der Waals surface area contributed by atoms with Crippen molar-refractivity contribution >= 4 is 17.3 Å². The number of hydrogen-bond acceptors (Lipinski definition) is 2. The summed E-state index contributed by atoms with van der Waals surface area (Å²) >= 11 is 6.26. The predicted molar refractivity (Wildman–Crippen MR) is 72.1 cm³/mol. The lowest BCUT2D eigenvalue weighted by Gasteiger charge is -2.26. The van der Waals surface area contributed by atoms with Crippen molar-refractivity contribution in [2.75, 3.05) is 18.0 Å². The van der Waals surface area contributed by atoms with Crippen LogP contribution in [0.2, 0.25) is 5.02 Å². The van der Waals surface area contributed by atoms with Crippen molar-refractivity contribution in [3.63, 3.8) is 0 Å². The maximum Gasteiger partial charge on any atom is 0.0642 e. The standard InChI is InChI=1S/C13H21ClN2/c1-3-5-9-16(4-2)13-11(10-15)7-6-8-12(13)14/h6-8H,3-5,9-10,15H2,1-2H3. The minimum Gasteiger partial charge on any atom is -0.370 e. The number of unbranched alkanes of at least 4 members (excludes halogenated alkanes) is 1. The fraction of sp³-hybridized carbons (Fsp3) is 0.538. The Balaban J connectivity index is 2.97. The third kappa shape index (κ3) is 3.13. The van der Waals surface area contributed by atoms with Crippen molar-refractivity contribution in [1.82, 2.24) is 0 Å². The molecule has 0 amide bonds.